The summed E-state index contributed by atoms with van der Waals surface area (Å²) in [6.45, 7) is 8.04. The number of nitrogens with zero attached hydrogens (tertiary/aromatic N) is 1. The van der Waals surface area contributed by atoms with Crippen LogP contribution in [0.1, 0.15) is 46.0 Å². The lowest BCUT2D eigenvalue weighted by atomic mass is 10.0. The molecule has 34 heavy (non-hydrogen) atoms. The van der Waals surface area contributed by atoms with Crippen molar-refractivity contribution in [1.82, 2.24) is 9.88 Å². The topological polar surface area (TPSA) is 105 Å². The number of hydrogen-bond donors (Lipinski definition) is 1. The molecule has 0 saturated heterocycles. The number of methoxy groups -OCH3 is 3. The molecule has 0 spiro atoms. The number of hydrogen-bond acceptors (Lipinski definition) is 7. The van der Waals surface area contributed by atoms with E-state index in [0.29, 0.717) is 30.2 Å². The Bertz CT molecular complexity index is 1000. The smallest absolute Gasteiger partial charge is 0.329 e. The molecule has 0 aliphatic carbocycles. The Kier molecular flexibility index (Phi) is 9.68. The number of carbonyl (C=O) groups excluding carboxylic acids is 3. The van der Waals surface area contributed by atoms with E-state index in [9.17, 15) is 14.4 Å². The molecule has 1 aromatic carbocycles. The summed E-state index contributed by atoms with van der Waals surface area (Å²) in [5.41, 5.74) is 2.48. The Balaban J connectivity index is 2.08. The standard InChI is InChI=1S/C25H34N2O7/c1-15(2)23(26-24(29)18-11-19(32-6)13-20(12-18)33-7)25(30)34-14-22(28)21-10-16(3)27(17(21)4)8-9-31-5/h10-13,15,23H,8-9,14H2,1-7H3,(H,26,29)/t23-/m0/s1. The molecule has 0 fully saturated rings. The van der Waals surface area contributed by atoms with Gasteiger partial charge in [0.1, 0.15) is 17.5 Å². The van der Waals surface area contributed by atoms with Gasteiger partial charge in [-0.05, 0) is 38.0 Å². The molecule has 1 heterocycles. The van der Waals surface area contributed by atoms with E-state index in [1.807, 2.05) is 18.4 Å². The zero-order valence-electron chi connectivity index (χ0n) is 20.9. The zero-order valence-corrected chi connectivity index (χ0v) is 20.9. The van der Waals surface area contributed by atoms with Gasteiger partial charge in [-0.3, -0.25) is 9.59 Å². The summed E-state index contributed by atoms with van der Waals surface area (Å²) in [6.07, 6.45) is 0. The second kappa shape index (κ2) is 12.2. The Morgan fingerprint density at radius 2 is 1.59 bits per heavy atom. The number of ether oxygens (including phenoxy) is 4. The number of amides is 1. The second-order valence-corrected chi connectivity index (χ2v) is 8.26. The molecule has 1 amide bonds. The van der Waals surface area contributed by atoms with E-state index in [-0.39, 0.29) is 17.3 Å². The summed E-state index contributed by atoms with van der Waals surface area (Å²) in [4.78, 5) is 38.3. The van der Waals surface area contributed by atoms with Crippen LogP contribution in [0.25, 0.3) is 0 Å². The monoisotopic (exact) mass is 474 g/mol. The lowest BCUT2D eigenvalue weighted by Crippen LogP contribution is -2.45. The minimum Gasteiger partial charge on any atom is -0.497 e. The summed E-state index contributed by atoms with van der Waals surface area (Å²) in [5.74, 6) is -0.848. The maximum absolute atomic E-state index is 12.8. The maximum Gasteiger partial charge on any atom is 0.329 e. The number of nitrogens with one attached hydrogen (secondary N) is 1. The van der Waals surface area contributed by atoms with Crippen LogP contribution in [0.3, 0.4) is 0 Å². The van der Waals surface area contributed by atoms with Crippen LogP contribution in [-0.4, -0.2) is 62.8 Å². The highest BCUT2D eigenvalue weighted by molar-refractivity contribution is 6.00. The third-order valence-corrected chi connectivity index (χ3v) is 5.56. The first kappa shape index (κ1) is 26.9. The van der Waals surface area contributed by atoms with Crippen molar-refractivity contribution in [2.45, 2.75) is 40.3 Å². The number of rotatable bonds is 12. The summed E-state index contributed by atoms with van der Waals surface area (Å²) in [6, 6.07) is 5.57. The van der Waals surface area contributed by atoms with Crippen molar-refractivity contribution in [1.29, 1.82) is 0 Å². The van der Waals surface area contributed by atoms with Crippen LogP contribution < -0.4 is 14.8 Å². The van der Waals surface area contributed by atoms with Crippen LogP contribution in [0.5, 0.6) is 11.5 Å². The number of ketones is 1. The largest absolute Gasteiger partial charge is 0.497 e. The normalized spacial score (nSPS) is 11.8. The average molecular weight is 475 g/mol. The number of aryl methyl sites for hydroxylation is 1. The van der Waals surface area contributed by atoms with Crippen molar-refractivity contribution in [2.75, 3.05) is 34.5 Å². The van der Waals surface area contributed by atoms with Crippen molar-refractivity contribution in [3.05, 3.63) is 46.8 Å². The molecule has 1 N–H and O–H groups in total. The van der Waals surface area contributed by atoms with Crippen LogP contribution in [-0.2, 0) is 20.8 Å². The molecule has 0 bridgehead atoms. The number of benzene rings is 1. The Morgan fingerprint density at radius 3 is 2.12 bits per heavy atom. The molecule has 1 atom stereocenters. The molecule has 1 aromatic heterocycles. The quantitative estimate of drug-likeness (QED) is 0.372. The van der Waals surface area contributed by atoms with Gasteiger partial charge >= 0.3 is 5.97 Å². The molecule has 0 aliphatic rings. The first-order valence-electron chi connectivity index (χ1n) is 11.0. The fourth-order valence-corrected chi connectivity index (χ4v) is 3.58. The van der Waals surface area contributed by atoms with Gasteiger partial charge in [-0.2, -0.15) is 0 Å². The zero-order chi connectivity index (χ0) is 25.4. The third-order valence-electron chi connectivity index (χ3n) is 5.56. The van der Waals surface area contributed by atoms with E-state index in [0.717, 1.165) is 11.4 Å². The van der Waals surface area contributed by atoms with Crippen molar-refractivity contribution >= 4 is 17.7 Å². The van der Waals surface area contributed by atoms with E-state index in [1.54, 1.807) is 45.2 Å². The van der Waals surface area contributed by atoms with Gasteiger partial charge in [0.2, 0.25) is 5.78 Å². The summed E-state index contributed by atoms with van der Waals surface area (Å²) < 4.78 is 22.8. The summed E-state index contributed by atoms with van der Waals surface area (Å²) >= 11 is 0. The molecule has 2 aromatic rings. The minimum atomic E-state index is -0.938. The minimum absolute atomic E-state index is 0.266. The predicted molar refractivity (Wildman–Crippen MR) is 127 cm³/mol. The molecule has 0 aliphatic heterocycles. The summed E-state index contributed by atoms with van der Waals surface area (Å²) in [7, 11) is 4.59. The van der Waals surface area contributed by atoms with Gasteiger partial charge in [0, 0.05) is 42.2 Å². The Hall–Kier alpha value is -3.33. The van der Waals surface area contributed by atoms with Gasteiger partial charge in [0.15, 0.2) is 6.61 Å². The number of esters is 1. The van der Waals surface area contributed by atoms with E-state index >= 15 is 0 Å². The van der Waals surface area contributed by atoms with Crippen LogP contribution in [0.4, 0.5) is 0 Å². The number of aromatic nitrogens is 1. The van der Waals surface area contributed by atoms with Crippen LogP contribution in [0.15, 0.2) is 24.3 Å². The van der Waals surface area contributed by atoms with Gasteiger partial charge in [-0.1, -0.05) is 13.8 Å². The molecule has 9 heteroatoms. The fourth-order valence-electron chi connectivity index (χ4n) is 3.58. The van der Waals surface area contributed by atoms with Gasteiger partial charge in [-0.15, -0.1) is 0 Å². The van der Waals surface area contributed by atoms with Crippen molar-refractivity contribution in [3.8, 4) is 11.5 Å². The first-order valence-corrected chi connectivity index (χ1v) is 11.0. The summed E-state index contributed by atoms with van der Waals surface area (Å²) in [5, 5.41) is 2.69. The Morgan fingerprint density at radius 1 is 0.971 bits per heavy atom. The predicted octanol–water partition coefficient (Wildman–Crippen LogP) is 2.95. The van der Waals surface area contributed by atoms with Crippen LogP contribution in [0.2, 0.25) is 0 Å². The van der Waals surface area contributed by atoms with Crippen molar-refractivity contribution < 1.29 is 33.3 Å². The first-order chi connectivity index (χ1) is 16.1. The van der Waals surface area contributed by atoms with Crippen molar-refractivity contribution in [3.63, 3.8) is 0 Å². The lowest BCUT2D eigenvalue weighted by molar-refractivity contribution is -0.145. The molecular weight excluding hydrogens is 440 g/mol. The molecule has 0 unspecified atom stereocenters. The van der Waals surface area contributed by atoms with Gasteiger partial charge in [-0.25, -0.2) is 4.79 Å². The highest BCUT2D eigenvalue weighted by Gasteiger charge is 2.28. The molecule has 2 rings (SSSR count). The third kappa shape index (κ3) is 6.60. The molecule has 0 saturated carbocycles. The maximum atomic E-state index is 12.8. The van der Waals surface area contributed by atoms with Crippen LogP contribution >= 0.6 is 0 Å². The fraction of sp³-hybridized carbons (Fsp3) is 0.480. The number of carbonyl (C=O) groups is 3. The van der Waals surface area contributed by atoms with E-state index in [2.05, 4.69) is 5.32 Å². The Labute approximate surface area is 200 Å². The van der Waals surface area contributed by atoms with E-state index in [4.69, 9.17) is 18.9 Å². The van der Waals surface area contributed by atoms with Crippen LogP contribution in [0, 0.1) is 19.8 Å². The number of Topliss-reactive ketones (excluding diaryl/α,β-unsaturated/α-hetero) is 1. The van der Waals surface area contributed by atoms with Gasteiger partial charge < -0.3 is 28.8 Å². The average Bonchev–Trinajstić information content (AvgIpc) is 3.11. The molecule has 9 nitrogen and oxygen atoms in total. The highest BCUT2D eigenvalue weighted by Crippen LogP contribution is 2.23. The van der Waals surface area contributed by atoms with Gasteiger partial charge in [0.05, 0.1) is 20.8 Å². The second-order valence-electron chi connectivity index (χ2n) is 8.26. The van der Waals surface area contributed by atoms with Crippen molar-refractivity contribution in [2.24, 2.45) is 5.92 Å². The van der Waals surface area contributed by atoms with E-state index in [1.165, 1.54) is 14.2 Å². The van der Waals surface area contributed by atoms with Gasteiger partial charge in [0.25, 0.3) is 5.91 Å². The SMILES string of the molecule is COCCn1c(C)cc(C(=O)COC(=O)[C@@H](NC(=O)c2cc(OC)cc(OC)c2)C(C)C)c1C. The molecule has 186 valence electrons. The lowest BCUT2D eigenvalue weighted by Gasteiger charge is -2.21. The van der Waals surface area contributed by atoms with E-state index < -0.39 is 24.5 Å². The molecular formula is C25H34N2O7. The highest BCUT2D eigenvalue weighted by atomic mass is 16.5. The molecule has 0 radical (unpaired) electrons.